The lowest BCUT2D eigenvalue weighted by Crippen LogP contribution is -2.45. The average Bonchev–Trinajstić information content (AvgIpc) is 2.76. The molecule has 1 aromatic heterocycles. The first-order chi connectivity index (χ1) is 9.74. The lowest BCUT2D eigenvalue weighted by Gasteiger charge is -2.20. The maximum absolute atomic E-state index is 12.0. The first-order valence-electron chi connectivity index (χ1n) is 6.62. The van der Waals surface area contributed by atoms with Gasteiger partial charge in [0.2, 0.25) is 5.91 Å². The van der Waals surface area contributed by atoms with E-state index in [2.05, 4.69) is 31.5 Å². The number of rotatable bonds is 3. The molecule has 0 aliphatic heterocycles. The molecule has 1 heterocycles. The number of benzene rings is 1. The van der Waals surface area contributed by atoms with Crippen molar-refractivity contribution in [2.45, 2.75) is 26.3 Å². The number of carbonyl (C=O) groups is 2. The molecule has 0 saturated carbocycles. The fourth-order valence-electron chi connectivity index (χ4n) is 1.94. The number of H-pyrrole nitrogens is 1. The van der Waals surface area contributed by atoms with Crippen molar-refractivity contribution in [3.05, 3.63) is 34.4 Å². The highest BCUT2D eigenvalue weighted by atomic mass is 79.9. The van der Waals surface area contributed by atoms with E-state index in [0.29, 0.717) is 5.69 Å². The van der Waals surface area contributed by atoms with Gasteiger partial charge in [0.25, 0.3) is 5.91 Å². The van der Waals surface area contributed by atoms with Crippen LogP contribution in [0.2, 0.25) is 0 Å². The standard InChI is InChI=1S/C15H18BrN3O2/c1-15(2,3)19-13(20)8-17-14(21)12-7-9-6-10(16)4-5-11(9)18-12/h4-7,18H,8H2,1-3H3,(H,17,21)(H,19,20). The molecule has 112 valence electrons. The highest BCUT2D eigenvalue weighted by molar-refractivity contribution is 9.10. The lowest BCUT2D eigenvalue weighted by atomic mass is 10.1. The van der Waals surface area contributed by atoms with Crippen LogP contribution in [0.4, 0.5) is 0 Å². The fourth-order valence-corrected chi connectivity index (χ4v) is 2.32. The van der Waals surface area contributed by atoms with E-state index in [1.165, 1.54) is 0 Å². The van der Waals surface area contributed by atoms with Crippen LogP contribution in [0.3, 0.4) is 0 Å². The second-order valence-electron chi connectivity index (χ2n) is 5.90. The Morgan fingerprint density at radius 1 is 1.24 bits per heavy atom. The molecule has 6 heteroatoms. The summed E-state index contributed by atoms with van der Waals surface area (Å²) in [6.45, 7) is 5.63. The number of aromatic nitrogens is 1. The maximum Gasteiger partial charge on any atom is 0.268 e. The van der Waals surface area contributed by atoms with E-state index in [4.69, 9.17) is 0 Å². The Labute approximate surface area is 131 Å². The Hall–Kier alpha value is -1.82. The Bertz CT molecular complexity index is 686. The zero-order valence-corrected chi connectivity index (χ0v) is 13.8. The second-order valence-corrected chi connectivity index (χ2v) is 6.81. The number of hydrogen-bond acceptors (Lipinski definition) is 2. The van der Waals surface area contributed by atoms with Crippen molar-refractivity contribution in [2.75, 3.05) is 6.54 Å². The van der Waals surface area contributed by atoms with Gasteiger partial charge >= 0.3 is 0 Å². The third-order valence-corrected chi connectivity index (χ3v) is 3.24. The monoisotopic (exact) mass is 351 g/mol. The topological polar surface area (TPSA) is 74.0 Å². The summed E-state index contributed by atoms with van der Waals surface area (Å²) in [6.07, 6.45) is 0. The van der Waals surface area contributed by atoms with Crippen molar-refractivity contribution >= 4 is 38.6 Å². The summed E-state index contributed by atoms with van der Waals surface area (Å²) in [7, 11) is 0. The van der Waals surface area contributed by atoms with Gasteiger partial charge in [0.15, 0.2) is 0 Å². The lowest BCUT2D eigenvalue weighted by molar-refractivity contribution is -0.121. The molecule has 21 heavy (non-hydrogen) atoms. The van der Waals surface area contributed by atoms with Crippen LogP contribution < -0.4 is 10.6 Å². The van der Waals surface area contributed by atoms with E-state index in [0.717, 1.165) is 15.4 Å². The largest absolute Gasteiger partial charge is 0.351 e. The molecule has 2 aromatic rings. The van der Waals surface area contributed by atoms with Gasteiger partial charge in [-0.05, 0) is 45.0 Å². The van der Waals surface area contributed by atoms with E-state index in [1.807, 2.05) is 39.0 Å². The quantitative estimate of drug-likeness (QED) is 0.794. The highest BCUT2D eigenvalue weighted by Crippen LogP contribution is 2.20. The number of halogens is 1. The summed E-state index contributed by atoms with van der Waals surface area (Å²) in [6, 6.07) is 7.48. The smallest absolute Gasteiger partial charge is 0.268 e. The molecular weight excluding hydrogens is 334 g/mol. The Morgan fingerprint density at radius 2 is 1.95 bits per heavy atom. The van der Waals surface area contributed by atoms with Crippen molar-refractivity contribution in [1.29, 1.82) is 0 Å². The van der Waals surface area contributed by atoms with Crippen LogP contribution in [0.25, 0.3) is 10.9 Å². The first-order valence-corrected chi connectivity index (χ1v) is 7.41. The molecule has 2 rings (SSSR count). The van der Waals surface area contributed by atoms with Gasteiger partial charge < -0.3 is 15.6 Å². The average molecular weight is 352 g/mol. The minimum atomic E-state index is -0.310. The number of nitrogens with one attached hydrogen (secondary N) is 3. The molecule has 0 radical (unpaired) electrons. The SMILES string of the molecule is CC(C)(C)NC(=O)CNC(=O)c1cc2cc(Br)ccc2[nH]1. The molecule has 3 N–H and O–H groups in total. The minimum Gasteiger partial charge on any atom is -0.351 e. The highest BCUT2D eigenvalue weighted by Gasteiger charge is 2.15. The third-order valence-electron chi connectivity index (χ3n) is 2.75. The summed E-state index contributed by atoms with van der Waals surface area (Å²) in [5.74, 6) is -0.513. The summed E-state index contributed by atoms with van der Waals surface area (Å²) in [5, 5.41) is 6.33. The van der Waals surface area contributed by atoms with Crippen molar-refractivity contribution in [2.24, 2.45) is 0 Å². The summed E-state index contributed by atoms with van der Waals surface area (Å²) < 4.78 is 0.950. The molecular formula is C15H18BrN3O2. The van der Waals surface area contributed by atoms with Gasteiger partial charge in [-0.3, -0.25) is 9.59 Å². The Kier molecular flexibility index (Phi) is 4.37. The molecule has 0 fully saturated rings. The van der Waals surface area contributed by atoms with E-state index in [1.54, 1.807) is 6.07 Å². The van der Waals surface area contributed by atoms with Crippen LogP contribution in [0.1, 0.15) is 31.3 Å². The number of hydrogen-bond donors (Lipinski definition) is 3. The van der Waals surface area contributed by atoms with Gasteiger partial charge in [0.05, 0.1) is 6.54 Å². The molecule has 0 aliphatic carbocycles. The molecule has 0 bridgehead atoms. The van der Waals surface area contributed by atoms with Crippen LogP contribution in [0.15, 0.2) is 28.7 Å². The number of amides is 2. The van der Waals surface area contributed by atoms with Crippen molar-refractivity contribution in [1.82, 2.24) is 15.6 Å². The minimum absolute atomic E-state index is 0.0465. The van der Waals surface area contributed by atoms with Gasteiger partial charge in [-0.15, -0.1) is 0 Å². The molecule has 0 aliphatic rings. The van der Waals surface area contributed by atoms with Gasteiger partial charge in [0, 0.05) is 20.9 Å². The van der Waals surface area contributed by atoms with Crippen LogP contribution in [0.5, 0.6) is 0 Å². The predicted molar refractivity (Wildman–Crippen MR) is 86.2 cm³/mol. The predicted octanol–water partition coefficient (Wildman–Crippen LogP) is 2.57. The van der Waals surface area contributed by atoms with Crippen LogP contribution >= 0.6 is 15.9 Å². The summed E-state index contributed by atoms with van der Waals surface area (Å²) >= 11 is 3.39. The number of fused-ring (bicyclic) bond motifs is 1. The molecule has 0 saturated heterocycles. The van der Waals surface area contributed by atoms with Crippen LogP contribution in [0, 0.1) is 0 Å². The van der Waals surface area contributed by atoms with Gasteiger partial charge in [-0.1, -0.05) is 15.9 Å². The molecule has 5 nitrogen and oxygen atoms in total. The Balaban J connectivity index is 2.01. The van der Waals surface area contributed by atoms with Crippen molar-refractivity contribution in [3.8, 4) is 0 Å². The maximum atomic E-state index is 12.0. The summed E-state index contributed by atoms with van der Waals surface area (Å²) in [4.78, 5) is 26.7. The first kappa shape index (κ1) is 15.6. The van der Waals surface area contributed by atoms with E-state index < -0.39 is 0 Å². The van der Waals surface area contributed by atoms with Crippen LogP contribution in [-0.4, -0.2) is 28.9 Å². The van der Waals surface area contributed by atoms with E-state index in [9.17, 15) is 9.59 Å². The van der Waals surface area contributed by atoms with E-state index >= 15 is 0 Å². The second kappa shape index (κ2) is 5.89. The van der Waals surface area contributed by atoms with Crippen molar-refractivity contribution < 1.29 is 9.59 Å². The fraction of sp³-hybridized carbons (Fsp3) is 0.333. The van der Waals surface area contributed by atoms with Crippen LogP contribution in [-0.2, 0) is 4.79 Å². The molecule has 2 amide bonds. The summed E-state index contributed by atoms with van der Waals surface area (Å²) in [5.41, 5.74) is 1.00. The number of aromatic amines is 1. The number of carbonyl (C=O) groups excluding carboxylic acids is 2. The van der Waals surface area contributed by atoms with Gasteiger partial charge in [-0.2, -0.15) is 0 Å². The van der Waals surface area contributed by atoms with Crippen molar-refractivity contribution in [3.63, 3.8) is 0 Å². The molecule has 1 aromatic carbocycles. The van der Waals surface area contributed by atoms with Gasteiger partial charge in [0.1, 0.15) is 5.69 Å². The molecule has 0 atom stereocenters. The third kappa shape index (κ3) is 4.32. The zero-order valence-electron chi connectivity index (χ0n) is 12.2. The van der Waals surface area contributed by atoms with Gasteiger partial charge in [-0.25, -0.2) is 0 Å². The molecule has 0 unspecified atom stereocenters. The van der Waals surface area contributed by atoms with E-state index in [-0.39, 0.29) is 23.9 Å². The zero-order chi connectivity index (χ0) is 15.6. The Morgan fingerprint density at radius 3 is 2.62 bits per heavy atom. The molecule has 0 spiro atoms. The normalized spacial score (nSPS) is 11.4.